The number of carbonyl (C=O) groups excluding carboxylic acids is 1. The summed E-state index contributed by atoms with van der Waals surface area (Å²) in [5.74, 6) is 0.0406. The Morgan fingerprint density at radius 3 is 0.860 bits per heavy atom. The SMILES string of the molecule is C=C(O[Si](CC)(CC)O[Si](CC)(CC)O[Si](CC)(CC)O[Si](CC)(CC)O[Si](CC)(CC)O[Si](CC)(CC)CC)C(C)=O. The van der Waals surface area contributed by atoms with Crippen LogP contribution in [0.4, 0.5) is 0 Å². The van der Waals surface area contributed by atoms with Crippen molar-refractivity contribution in [1.29, 1.82) is 0 Å². The van der Waals surface area contributed by atoms with E-state index in [0.29, 0.717) is 0 Å². The van der Waals surface area contributed by atoms with Crippen LogP contribution in [0, 0.1) is 0 Å². The van der Waals surface area contributed by atoms with E-state index in [1.54, 1.807) is 0 Å². The zero-order valence-corrected chi connectivity index (χ0v) is 36.8. The average Bonchev–Trinajstić information content (AvgIpc) is 3.05. The summed E-state index contributed by atoms with van der Waals surface area (Å²) in [6.07, 6.45) is 0. The summed E-state index contributed by atoms with van der Waals surface area (Å²) in [5, 5.41) is 0. The van der Waals surface area contributed by atoms with Crippen molar-refractivity contribution in [2.75, 3.05) is 0 Å². The molecule has 0 aromatic heterocycles. The number of hydrogen-bond donors (Lipinski definition) is 0. The van der Waals surface area contributed by atoms with Gasteiger partial charge < -0.3 is 25.0 Å². The first kappa shape index (κ1) is 43.3. The lowest BCUT2D eigenvalue weighted by Gasteiger charge is -2.49. The topological polar surface area (TPSA) is 72.5 Å². The maximum absolute atomic E-state index is 12.1. The summed E-state index contributed by atoms with van der Waals surface area (Å²) in [5.41, 5.74) is 0. The second-order valence-corrected chi connectivity index (χ2v) is 36.9. The Morgan fingerprint density at radius 1 is 0.419 bits per heavy atom. The van der Waals surface area contributed by atoms with Crippen molar-refractivity contribution in [2.24, 2.45) is 0 Å². The monoisotopic (exact) mass is 710 g/mol. The summed E-state index contributed by atoms with van der Waals surface area (Å²) in [4.78, 5) is 12.1. The maximum Gasteiger partial charge on any atom is 0.389 e. The van der Waals surface area contributed by atoms with Gasteiger partial charge in [-0.2, -0.15) is 0 Å². The van der Waals surface area contributed by atoms with Gasteiger partial charge in [-0.3, -0.25) is 4.79 Å². The number of Topliss-reactive ketones (excluding diaryl/α,β-unsaturated/α-hetero) is 1. The zero-order valence-electron chi connectivity index (χ0n) is 30.8. The predicted molar refractivity (Wildman–Crippen MR) is 197 cm³/mol. The lowest BCUT2D eigenvalue weighted by atomic mass is 10.4. The smallest absolute Gasteiger partial charge is 0.389 e. The molecule has 0 unspecified atom stereocenters. The molecule has 0 fully saturated rings. The molecule has 7 nitrogen and oxygen atoms in total. The third kappa shape index (κ3) is 11.2. The number of allylic oxidation sites excluding steroid dienone is 1. The van der Waals surface area contributed by atoms with Gasteiger partial charge >= 0.3 is 42.8 Å². The Labute approximate surface area is 273 Å². The molecule has 0 aliphatic rings. The van der Waals surface area contributed by atoms with Gasteiger partial charge in [0.2, 0.25) is 0 Å². The lowest BCUT2D eigenvalue weighted by molar-refractivity contribution is -0.115. The Morgan fingerprint density at radius 2 is 0.651 bits per heavy atom. The summed E-state index contributed by atoms with van der Waals surface area (Å²) in [7, 11) is -15.4. The molecule has 0 aromatic rings. The molecule has 43 heavy (non-hydrogen) atoms. The van der Waals surface area contributed by atoms with Gasteiger partial charge in [0.25, 0.3) is 0 Å². The molecular formula is C30H70O7Si6. The van der Waals surface area contributed by atoms with Gasteiger partial charge in [0, 0.05) is 6.92 Å². The van der Waals surface area contributed by atoms with Crippen LogP contribution >= 0.6 is 0 Å². The van der Waals surface area contributed by atoms with Crippen LogP contribution in [-0.4, -0.2) is 56.9 Å². The van der Waals surface area contributed by atoms with Crippen LogP contribution in [-0.2, 0) is 29.8 Å². The highest BCUT2D eigenvalue weighted by Crippen LogP contribution is 2.40. The maximum atomic E-state index is 12.1. The van der Waals surface area contributed by atoms with E-state index in [1.807, 2.05) is 0 Å². The molecular weight excluding hydrogens is 641 g/mol. The Bertz CT molecular complexity index is 812. The summed E-state index contributed by atoms with van der Waals surface area (Å²) >= 11 is 0. The summed E-state index contributed by atoms with van der Waals surface area (Å²) in [6, 6.07) is 11.7. The van der Waals surface area contributed by atoms with Crippen LogP contribution in [0.15, 0.2) is 12.3 Å². The van der Waals surface area contributed by atoms with Crippen molar-refractivity contribution in [3.63, 3.8) is 0 Å². The molecule has 0 aromatic carbocycles. The molecule has 0 radical (unpaired) electrons. The molecule has 0 atom stereocenters. The highest BCUT2D eigenvalue weighted by atomic mass is 28.5. The Kier molecular flexibility index (Phi) is 19.3. The van der Waals surface area contributed by atoms with Gasteiger partial charge in [0.1, 0.15) is 5.76 Å². The largest absolute Gasteiger partial charge is 0.518 e. The van der Waals surface area contributed by atoms with Crippen molar-refractivity contribution in [1.82, 2.24) is 0 Å². The second-order valence-electron chi connectivity index (χ2n) is 11.9. The van der Waals surface area contributed by atoms with Crippen LogP contribution in [0.2, 0.25) is 78.6 Å². The number of hydrogen-bond acceptors (Lipinski definition) is 7. The average molecular weight is 711 g/mol. The normalized spacial score (nSPS) is 13.8. The van der Waals surface area contributed by atoms with Crippen molar-refractivity contribution in [3.8, 4) is 0 Å². The number of carbonyl (C=O) groups is 1. The van der Waals surface area contributed by atoms with E-state index >= 15 is 0 Å². The van der Waals surface area contributed by atoms with Gasteiger partial charge in [-0.25, -0.2) is 0 Å². The van der Waals surface area contributed by atoms with Crippen molar-refractivity contribution < 1.29 is 29.8 Å². The van der Waals surface area contributed by atoms with E-state index in [2.05, 4.69) is 96.6 Å². The Balaban J connectivity index is 6.79. The zero-order chi connectivity index (χ0) is 33.6. The minimum atomic E-state index is -2.78. The van der Waals surface area contributed by atoms with Gasteiger partial charge in [-0.1, -0.05) is 96.6 Å². The molecule has 0 bridgehead atoms. The van der Waals surface area contributed by atoms with Crippen LogP contribution < -0.4 is 0 Å². The van der Waals surface area contributed by atoms with Gasteiger partial charge in [-0.15, -0.1) is 0 Å². The molecule has 256 valence electrons. The van der Waals surface area contributed by atoms with Crippen LogP contribution in [0.3, 0.4) is 0 Å². The lowest BCUT2D eigenvalue weighted by Crippen LogP contribution is -2.65. The highest BCUT2D eigenvalue weighted by molar-refractivity contribution is 6.93. The standard InChI is InChI=1S/C30H70O7Si6/c1-16-38(17-2,18-3)33-40(21-6,22-7)35-42(25-10,26-11)37-43(27-12,28-13)36-41(23-8,24-9)34-39(19-4,20-5)32-30(15)29(14)31/h15-28H2,1-14H3. The minimum absolute atomic E-state index is 0.153. The number of ketones is 1. The molecule has 0 N–H and O–H groups in total. The third-order valence-corrected chi connectivity index (χ3v) is 40.3. The van der Waals surface area contributed by atoms with E-state index in [4.69, 9.17) is 25.0 Å². The molecule has 0 spiro atoms. The van der Waals surface area contributed by atoms with Crippen LogP contribution in [0.1, 0.15) is 96.9 Å². The summed E-state index contributed by atoms with van der Waals surface area (Å²) in [6.45, 7) is 34.3. The van der Waals surface area contributed by atoms with E-state index < -0.39 is 51.1 Å². The van der Waals surface area contributed by atoms with E-state index in [1.165, 1.54) is 6.92 Å². The van der Waals surface area contributed by atoms with Gasteiger partial charge in [-0.05, 0) is 78.6 Å². The van der Waals surface area contributed by atoms with Crippen molar-refractivity contribution in [2.45, 2.75) is 176 Å². The molecule has 0 saturated carbocycles. The molecule has 0 aliphatic carbocycles. The fraction of sp³-hybridized carbons (Fsp3) is 0.900. The first-order chi connectivity index (χ1) is 20.2. The third-order valence-electron chi connectivity index (χ3n) is 9.91. The highest BCUT2D eigenvalue weighted by Gasteiger charge is 2.56. The predicted octanol–water partition coefficient (Wildman–Crippen LogP) is 10.6. The van der Waals surface area contributed by atoms with Crippen molar-refractivity contribution >= 4 is 56.9 Å². The quantitative estimate of drug-likeness (QED) is 0.0502. The molecule has 0 heterocycles. The molecule has 13 heteroatoms. The first-order valence-electron chi connectivity index (χ1n) is 17.5. The first-order valence-corrected chi connectivity index (χ1v) is 31.2. The second kappa shape index (κ2) is 19.2. The van der Waals surface area contributed by atoms with E-state index in [-0.39, 0.29) is 11.5 Å². The van der Waals surface area contributed by atoms with Crippen LogP contribution in [0.5, 0.6) is 0 Å². The fourth-order valence-electron chi connectivity index (χ4n) is 5.81. The van der Waals surface area contributed by atoms with Gasteiger partial charge in [0.15, 0.2) is 14.1 Å². The molecule has 0 rings (SSSR count). The summed E-state index contributed by atoms with van der Waals surface area (Å²) < 4.78 is 43.3. The Hall–Kier alpha value is 0.311. The van der Waals surface area contributed by atoms with Gasteiger partial charge in [0.05, 0.1) is 0 Å². The minimum Gasteiger partial charge on any atom is -0.518 e. The molecule has 0 aliphatic heterocycles. The van der Waals surface area contributed by atoms with Crippen molar-refractivity contribution in [3.05, 3.63) is 12.3 Å². The van der Waals surface area contributed by atoms with Crippen LogP contribution in [0.25, 0.3) is 0 Å². The fourth-order valence-corrected chi connectivity index (χ4v) is 39.2. The molecule has 0 amide bonds. The van der Waals surface area contributed by atoms with E-state index in [0.717, 1.165) is 78.6 Å². The molecule has 0 saturated heterocycles. The van der Waals surface area contributed by atoms with E-state index in [9.17, 15) is 4.79 Å². The number of rotatable bonds is 26.